The van der Waals surface area contributed by atoms with E-state index in [2.05, 4.69) is 21.7 Å². The van der Waals surface area contributed by atoms with E-state index in [0.29, 0.717) is 166 Å². The molecule has 3 saturated heterocycles. The van der Waals surface area contributed by atoms with E-state index in [9.17, 15) is 47.5 Å². The molecule has 8 aromatic rings. The Hall–Kier alpha value is -8.57. The van der Waals surface area contributed by atoms with Crippen molar-refractivity contribution in [3.8, 4) is 46.3 Å². The number of aliphatic hydroxyl groups excluding tert-OH is 2. The first-order chi connectivity index (χ1) is 67.8. The van der Waals surface area contributed by atoms with Gasteiger partial charge in [0, 0.05) is 136 Å². The molecule has 8 aromatic carbocycles. The number of likely N-dealkylation sites (tertiary alicyclic amines) is 2. The van der Waals surface area contributed by atoms with Gasteiger partial charge in [0.2, 0.25) is 5.91 Å². The zero-order valence-corrected chi connectivity index (χ0v) is 92.4. The van der Waals surface area contributed by atoms with Gasteiger partial charge in [-0.15, -0.1) is 0 Å². The molecule has 4 aliphatic rings. The predicted molar refractivity (Wildman–Crippen MR) is 577 cm³/mol. The van der Waals surface area contributed by atoms with E-state index in [1.165, 1.54) is 117 Å². The molecule has 0 spiro atoms. The number of alkyl halides is 1. The van der Waals surface area contributed by atoms with Crippen molar-refractivity contribution in [2.75, 3.05) is 110 Å². The number of aliphatic carboxylic acids is 1. The monoisotopic (exact) mass is 2330 g/mol. The summed E-state index contributed by atoms with van der Waals surface area (Å²) in [7, 11) is 10.6. The summed E-state index contributed by atoms with van der Waals surface area (Å²) >= 11 is 75.4. The maximum Gasteiger partial charge on any atom is 1.00 e. The number of hydrazine groups is 1. The average molecular weight is 2340 g/mol. The maximum absolute atomic E-state index is 12.5. The van der Waals surface area contributed by atoms with Crippen LogP contribution in [0.1, 0.15) is 178 Å². The number of fused-ring (bicyclic) bond motifs is 1. The van der Waals surface area contributed by atoms with Crippen molar-refractivity contribution < 1.29 is 152 Å². The van der Waals surface area contributed by atoms with Gasteiger partial charge in [-0.2, -0.15) is 5.26 Å². The fourth-order valence-corrected chi connectivity index (χ4v) is 14.1. The molecule has 14 N–H and O–H groups in total. The maximum atomic E-state index is 12.5. The van der Waals surface area contributed by atoms with Gasteiger partial charge in [0.15, 0.2) is 17.4 Å². The van der Waals surface area contributed by atoms with Crippen LogP contribution in [0.15, 0.2) is 115 Å². The summed E-state index contributed by atoms with van der Waals surface area (Å²) in [5.41, 5.74) is 8.48. The molecule has 4 heterocycles. The van der Waals surface area contributed by atoms with Gasteiger partial charge in [-0.05, 0) is 154 Å². The Kier molecular flexibility index (Phi) is 76.5. The Morgan fingerprint density at radius 3 is 1.13 bits per heavy atom. The van der Waals surface area contributed by atoms with E-state index in [4.69, 9.17) is 236 Å². The molecular weight excluding hydrogens is 2210 g/mol. The van der Waals surface area contributed by atoms with Gasteiger partial charge in [0.1, 0.15) is 68.1 Å². The second-order valence-electron chi connectivity index (χ2n) is 30.7. The van der Waals surface area contributed by atoms with Gasteiger partial charge in [0.25, 0.3) is 11.8 Å². The third kappa shape index (κ3) is 52.4. The van der Waals surface area contributed by atoms with Crippen LogP contribution >= 0.6 is 151 Å². The number of nitrogens with zero attached hydrogens (tertiary/aromatic N) is 4. The molecule has 3 fully saturated rings. The number of nitriles is 1. The Morgan fingerprint density at radius 2 is 0.803 bits per heavy atom. The van der Waals surface area contributed by atoms with Crippen molar-refractivity contribution in [3.63, 3.8) is 0 Å². The van der Waals surface area contributed by atoms with Crippen molar-refractivity contribution in [2.24, 2.45) is 29.3 Å². The number of aliphatic hydroxyl groups is 2. The predicted octanol–water partition coefficient (Wildman–Crippen LogP) is 18.7. The zero-order valence-electron chi connectivity index (χ0n) is 84.6. The summed E-state index contributed by atoms with van der Waals surface area (Å²) in [6, 6.07) is 31.4. The first kappa shape index (κ1) is 145. The van der Waals surface area contributed by atoms with E-state index < -0.39 is 42.2 Å². The second kappa shape index (κ2) is 77.7. The van der Waals surface area contributed by atoms with Crippen molar-refractivity contribution >= 4 is 222 Å². The summed E-state index contributed by atoms with van der Waals surface area (Å²) < 4.78 is 70.7. The number of aromatic carboxylic acids is 2. The number of nitrogens with two attached hydrogens (primary N) is 3. The quantitative estimate of drug-likeness (QED) is 0.00962. The number of piperidine rings is 2. The molecule has 0 aliphatic carbocycles. The van der Waals surface area contributed by atoms with Crippen molar-refractivity contribution in [2.45, 2.75) is 139 Å². The number of methoxy groups -OCH3 is 8. The number of ether oxygens (including phenoxy) is 11. The molecule has 814 valence electrons. The minimum absolute atomic E-state index is 0. The number of benzene rings is 8. The number of imide groups is 1. The molecule has 0 saturated carbocycles. The van der Waals surface area contributed by atoms with Crippen LogP contribution in [0, 0.1) is 23.2 Å². The number of nitrogens with one attached hydrogen (secondary N) is 1. The van der Waals surface area contributed by atoms with Gasteiger partial charge in [-0.25, -0.2) is 24.0 Å². The molecule has 5 amide bonds. The van der Waals surface area contributed by atoms with E-state index in [0.717, 1.165) is 24.3 Å². The van der Waals surface area contributed by atoms with Gasteiger partial charge in [-0.3, -0.25) is 40.2 Å². The van der Waals surface area contributed by atoms with E-state index in [1.807, 2.05) is 41.5 Å². The molecule has 50 heteroatoms. The molecule has 12 rings (SSSR count). The third-order valence-corrected chi connectivity index (χ3v) is 23.3. The SMILES string of the molecule is C.C1CCOC1.CC#N.CC(C)(C)OC(=O)N1CCC(C(=O)O)CC1.CCO.COC(=O)c1cc(Cl)c(Cl)cc1OC.COc1cc(Cl)c(Cl)cc1C(=O)O.COc1cc(Cl)c(Cl)cc1CN.COc1cc(Cl)c(Cl)cc1CN1C(=O)c2ccccc2C1=O.COc1cc(Cl)c(Cl)cc1CNC(=O)C1CCN(C(=O)OC(C)(C)C)CC1.COc1cc(Cl)c(Cl)cc1CO.COc1cc(Cl)ccc1C(=O)O.NN.O.[2H]CF.[AlH3].[H-].[Li+]. The first-order valence-electron chi connectivity index (χ1n) is 43.0. The van der Waals surface area contributed by atoms with E-state index in [1.54, 1.807) is 103 Å². The molecule has 34 nitrogen and oxygen atoms in total. The van der Waals surface area contributed by atoms with Crippen LogP contribution < -0.4 is 74.8 Å². The summed E-state index contributed by atoms with van der Waals surface area (Å²) in [6.45, 7) is 18.9. The molecule has 0 aromatic heterocycles. The number of carboxylic acids is 3. The number of carboxylic acid groups (broad SMARTS) is 3. The molecular formula is C97H128AlCl13FLiN8O26. The number of amides is 5. The van der Waals surface area contributed by atoms with Gasteiger partial charge in [-0.1, -0.05) is 170 Å². The Bertz CT molecular complexity index is 5360. The molecule has 0 atom stereocenters. The van der Waals surface area contributed by atoms with Gasteiger partial charge < -0.3 is 105 Å². The Labute approximate surface area is 946 Å². The van der Waals surface area contributed by atoms with Crippen molar-refractivity contribution in [1.82, 2.24) is 20.0 Å². The second-order valence-corrected chi connectivity index (χ2v) is 36.0. The number of carbonyl (C=O) groups is 9. The fraction of sp³-hybridized carbons (Fsp3) is 0.402. The molecule has 0 radical (unpaired) electrons. The van der Waals surface area contributed by atoms with Crippen molar-refractivity contribution in [3.05, 3.63) is 231 Å². The smallest absolute Gasteiger partial charge is 1.00 e. The van der Waals surface area contributed by atoms with Gasteiger partial charge >= 0.3 is 54.9 Å². The third-order valence-electron chi connectivity index (χ3n) is 18.7. The number of hydrogen-bond donors (Lipinski definition) is 9. The summed E-state index contributed by atoms with van der Waals surface area (Å²) in [5, 5.41) is 57.8. The standard InChI is InChI=1S/C19H26Cl2N2O4.C16H11Cl2NO3.C11H19NO4.C9H8Cl2O3.C8H9Cl2NO.C8H6Cl2O3.C8H8Cl2O2.C8H7ClO3.C4H8O.C2H3N.C2H6O.CH3F.CH4.Al.Li.H4N2.H2O.4H/c1-19(2,3)27-18(25)23-7-5-12(6-8-23)17(24)22-11-13-9-14(20)15(21)10-16(13)26-4;1-22-14-7-13(18)12(17)6-9(14)8-19-15(20)10-4-2-3-5-11(10)16(19)21;1-11(2,3)16-10(15)12-6-4-8(5-7-12)9(13)14;1-13-8-4-7(11)6(10)3-5(8)9(12)14-2;1-12-8-3-7(10)6(9)2-5(8)4-11;1-13-7-3-6(10)5(9)2-4(7)8(11)12;1-12-8-3-7(10)6(9)2-5(8)4-11;1-12-7-4-5(9)2-3-6(7)8(10)11;1-2-4-5-3-1;2*1-2-3;1-2;;;;1-2;;;;;/h9-10,12H,5-8,11H2,1-4H3,(H,22,24);2-7H,8H2,1H3;8H,4-7H2,1-3H3,(H,13,14);3-4H,1-2H3;2-3H,4,11H2,1H3;2-3H,1H3,(H,11,12);2-3,11H,4H2,1H3;2-4H,1H3,(H,10,11);1-4H2;1H3;3H,2H2,1H3;1H3;1H4;;;1-2H2;1H2;;;;/q;;;;;;;;;;;;;;+1;;;;;;-1/i;;;;;;;;;;;1D;;;;;;;;;. The molecule has 147 heavy (non-hydrogen) atoms. The number of carbonyl (C=O) groups excluding carboxylic acids is 6. The summed E-state index contributed by atoms with van der Waals surface area (Å²) in [4.78, 5) is 109. The topological polar surface area (TPSA) is 511 Å². The summed E-state index contributed by atoms with van der Waals surface area (Å²) in [5.74, 6) is 6.51. The Morgan fingerprint density at radius 1 is 0.503 bits per heavy atom. The average Bonchev–Trinajstić information content (AvgIpc) is 1.63. The minimum atomic E-state index is -1.10. The van der Waals surface area contributed by atoms with Crippen LogP contribution in [0.25, 0.3) is 0 Å². The van der Waals surface area contributed by atoms with Crippen molar-refractivity contribution in [1.29, 1.82) is 5.26 Å². The van der Waals surface area contributed by atoms with Gasteiger partial charge in [0.05, 0.1) is 162 Å². The normalized spacial score (nSPS) is 12.2. The molecule has 0 bridgehead atoms. The number of halogens is 14. The van der Waals surface area contributed by atoms with E-state index in [-0.39, 0.29) is 155 Å². The van der Waals surface area contributed by atoms with Crippen LogP contribution in [-0.2, 0) is 54.8 Å². The number of rotatable bonds is 18. The Balaban J connectivity index is -0.000000387. The first-order valence-corrected chi connectivity index (χ1v) is 47.2. The van der Waals surface area contributed by atoms with E-state index >= 15 is 0 Å². The molecule has 0 unspecified atom stereocenters. The fourth-order valence-electron chi connectivity index (χ4n) is 11.9. The number of esters is 1. The number of hydrogen-bond acceptors (Lipinski definition) is 26. The van der Waals surface area contributed by atoms with Crippen LogP contribution in [0.2, 0.25) is 65.3 Å². The van der Waals surface area contributed by atoms with Crippen LogP contribution in [-0.4, -0.2) is 238 Å². The van der Waals surface area contributed by atoms with Crippen LogP contribution in [0.4, 0.5) is 14.0 Å². The molecule has 4 aliphatic heterocycles. The van der Waals surface area contributed by atoms with Crippen LogP contribution in [0.5, 0.6) is 40.2 Å². The minimum Gasteiger partial charge on any atom is -1.00 e. The summed E-state index contributed by atoms with van der Waals surface area (Å²) in [6.07, 6.45) is 4.09. The van der Waals surface area contributed by atoms with Crippen LogP contribution in [0.3, 0.4) is 0 Å². The largest absolute Gasteiger partial charge is 1.00 e. The zero-order chi connectivity index (χ0) is 110.